The van der Waals surface area contributed by atoms with E-state index in [2.05, 4.69) is 20.8 Å². The van der Waals surface area contributed by atoms with Gasteiger partial charge in [0.15, 0.2) is 0 Å². The lowest BCUT2D eigenvalue weighted by atomic mass is 9.99. The summed E-state index contributed by atoms with van der Waals surface area (Å²) in [6.07, 6.45) is -5.08. The second-order valence-electron chi connectivity index (χ2n) is 8.48. The zero-order valence-corrected chi connectivity index (χ0v) is 21.8. The molecule has 5 nitrogen and oxygen atoms in total. The third kappa shape index (κ3) is 6.54. The molecule has 0 saturated carbocycles. The fraction of sp³-hybridized carbons (Fsp3) is 0.308. The normalized spacial score (nSPS) is 16.7. The monoisotopic (exact) mass is 582 g/mol. The fourth-order valence-electron chi connectivity index (χ4n) is 4.14. The van der Waals surface area contributed by atoms with Crippen LogP contribution in [0.5, 0.6) is 0 Å². The number of piperazine rings is 1. The summed E-state index contributed by atoms with van der Waals surface area (Å²) in [6.45, 7) is 2.61. The highest BCUT2D eigenvalue weighted by Crippen LogP contribution is 2.33. The van der Waals surface area contributed by atoms with E-state index >= 15 is 0 Å². The van der Waals surface area contributed by atoms with Crippen LogP contribution in [-0.4, -0.2) is 57.0 Å². The van der Waals surface area contributed by atoms with Crippen molar-refractivity contribution in [1.82, 2.24) is 9.21 Å². The SMILES string of the molecule is O=S(=O)(c1ccc(Br)cc1)N1CCN(CCO[C@H](c2ccccc2)c2cccc(C(F)(F)F)c2)CC1. The zero-order chi connectivity index (χ0) is 25.8. The van der Waals surface area contributed by atoms with E-state index < -0.39 is 27.9 Å². The minimum atomic E-state index is -4.44. The first-order valence-corrected chi connectivity index (χ1v) is 13.7. The van der Waals surface area contributed by atoms with Gasteiger partial charge in [-0.3, -0.25) is 4.90 Å². The van der Waals surface area contributed by atoms with Gasteiger partial charge in [0.25, 0.3) is 0 Å². The summed E-state index contributed by atoms with van der Waals surface area (Å²) in [5, 5.41) is 0. The number of nitrogens with zero attached hydrogens (tertiary/aromatic N) is 2. The van der Waals surface area contributed by atoms with E-state index in [1.807, 2.05) is 30.3 Å². The average Bonchev–Trinajstić information content (AvgIpc) is 2.87. The highest BCUT2D eigenvalue weighted by Gasteiger charge is 2.32. The summed E-state index contributed by atoms with van der Waals surface area (Å²) < 4.78 is 74.0. The predicted octanol–water partition coefficient (Wildman–Crippen LogP) is 5.58. The summed E-state index contributed by atoms with van der Waals surface area (Å²) >= 11 is 3.32. The van der Waals surface area contributed by atoms with Crippen LogP contribution >= 0.6 is 15.9 Å². The molecule has 0 aliphatic carbocycles. The van der Waals surface area contributed by atoms with Gasteiger partial charge in [-0.2, -0.15) is 17.5 Å². The van der Waals surface area contributed by atoms with E-state index in [0.29, 0.717) is 38.3 Å². The largest absolute Gasteiger partial charge is 0.416 e. The Kier molecular flexibility index (Phi) is 8.52. The summed E-state index contributed by atoms with van der Waals surface area (Å²) in [5.41, 5.74) is 0.483. The van der Waals surface area contributed by atoms with Gasteiger partial charge in [-0.25, -0.2) is 8.42 Å². The molecule has 0 unspecified atom stereocenters. The third-order valence-electron chi connectivity index (χ3n) is 6.09. The third-order valence-corrected chi connectivity index (χ3v) is 8.54. The Balaban J connectivity index is 1.37. The van der Waals surface area contributed by atoms with Crippen molar-refractivity contribution in [2.45, 2.75) is 17.2 Å². The van der Waals surface area contributed by atoms with Gasteiger partial charge >= 0.3 is 6.18 Å². The van der Waals surface area contributed by atoms with Crippen molar-refractivity contribution in [1.29, 1.82) is 0 Å². The molecule has 0 bridgehead atoms. The lowest BCUT2D eigenvalue weighted by Crippen LogP contribution is -2.49. The molecular weight excluding hydrogens is 557 g/mol. The van der Waals surface area contributed by atoms with E-state index in [9.17, 15) is 21.6 Å². The van der Waals surface area contributed by atoms with E-state index in [0.717, 1.165) is 22.2 Å². The van der Waals surface area contributed by atoms with Crippen LogP contribution in [-0.2, 0) is 20.9 Å². The van der Waals surface area contributed by atoms with Crippen molar-refractivity contribution >= 4 is 26.0 Å². The molecule has 1 saturated heterocycles. The maximum atomic E-state index is 13.3. The van der Waals surface area contributed by atoms with Crippen molar-refractivity contribution in [2.75, 3.05) is 39.3 Å². The molecule has 1 heterocycles. The molecule has 4 rings (SSSR count). The Hall–Kier alpha value is -2.24. The van der Waals surface area contributed by atoms with Crippen LogP contribution in [0.15, 0.2) is 88.2 Å². The number of alkyl halides is 3. The van der Waals surface area contributed by atoms with Gasteiger partial charge in [0.05, 0.1) is 17.1 Å². The molecule has 1 aliphatic rings. The molecule has 0 spiro atoms. The quantitative estimate of drug-likeness (QED) is 0.348. The molecule has 3 aromatic rings. The fourth-order valence-corrected chi connectivity index (χ4v) is 5.83. The molecule has 0 radical (unpaired) electrons. The molecular formula is C26H26BrF3N2O3S. The van der Waals surface area contributed by atoms with Crippen LogP contribution in [0.3, 0.4) is 0 Å². The average molecular weight is 583 g/mol. The Morgan fingerprint density at radius 2 is 1.50 bits per heavy atom. The lowest BCUT2D eigenvalue weighted by Gasteiger charge is -2.34. The highest BCUT2D eigenvalue weighted by molar-refractivity contribution is 9.10. The summed E-state index contributed by atoms with van der Waals surface area (Å²) in [5.74, 6) is 0. The number of sulfonamides is 1. The smallest absolute Gasteiger partial charge is 0.367 e. The molecule has 10 heteroatoms. The Bertz CT molecular complexity index is 1250. The van der Waals surface area contributed by atoms with Crippen molar-refractivity contribution in [2.24, 2.45) is 0 Å². The Labute approximate surface area is 217 Å². The maximum Gasteiger partial charge on any atom is 0.416 e. The molecule has 0 N–H and O–H groups in total. The number of rotatable bonds is 8. The molecule has 3 aromatic carbocycles. The second kappa shape index (κ2) is 11.4. The summed E-state index contributed by atoms with van der Waals surface area (Å²) in [7, 11) is -3.56. The van der Waals surface area contributed by atoms with Crippen LogP contribution in [0.1, 0.15) is 22.8 Å². The van der Waals surface area contributed by atoms with E-state index in [4.69, 9.17) is 4.74 Å². The van der Waals surface area contributed by atoms with Crippen molar-refractivity contribution in [3.8, 4) is 0 Å². The van der Waals surface area contributed by atoms with E-state index in [-0.39, 0.29) is 11.5 Å². The Morgan fingerprint density at radius 3 is 2.14 bits per heavy atom. The van der Waals surface area contributed by atoms with Crippen molar-refractivity contribution < 1.29 is 26.3 Å². The Morgan fingerprint density at radius 1 is 0.861 bits per heavy atom. The van der Waals surface area contributed by atoms with Gasteiger partial charge in [0, 0.05) is 37.2 Å². The van der Waals surface area contributed by atoms with Crippen molar-refractivity contribution in [3.63, 3.8) is 0 Å². The number of hydrogen-bond acceptors (Lipinski definition) is 4. The van der Waals surface area contributed by atoms with Gasteiger partial charge in [0.1, 0.15) is 6.10 Å². The van der Waals surface area contributed by atoms with Crippen LogP contribution in [0.25, 0.3) is 0 Å². The number of benzene rings is 3. The molecule has 192 valence electrons. The number of ether oxygens (including phenoxy) is 1. The summed E-state index contributed by atoms with van der Waals surface area (Å²) in [6, 6.07) is 20.9. The lowest BCUT2D eigenvalue weighted by molar-refractivity contribution is -0.137. The van der Waals surface area contributed by atoms with Gasteiger partial charge < -0.3 is 4.74 Å². The second-order valence-corrected chi connectivity index (χ2v) is 11.3. The number of hydrogen-bond donors (Lipinski definition) is 0. The zero-order valence-electron chi connectivity index (χ0n) is 19.4. The van der Waals surface area contributed by atoms with Crippen LogP contribution in [0.4, 0.5) is 13.2 Å². The topological polar surface area (TPSA) is 49.9 Å². The molecule has 1 atom stereocenters. The minimum Gasteiger partial charge on any atom is -0.367 e. The van der Waals surface area contributed by atoms with E-state index in [1.54, 1.807) is 30.3 Å². The van der Waals surface area contributed by atoms with E-state index in [1.165, 1.54) is 10.4 Å². The highest BCUT2D eigenvalue weighted by atomic mass is 79.9. The van der Waals surface area contributed by atoms with Crippen LogP contribution < -0.4 is 0 Å². The summed E-state index contributed by atoms with van der Waals surface area (Å²) in [4.78, 5) is 2.36. The standard InChI is InChI=1S/C26H26BrF3N2O3S/c27-23-9-11-24(12-10-23)36(33,34)32-15-13-31(14-16-32)17-18-35-25(20-5-2-1-3-6-20)21-7-4-8-22(19-21)26(28,29)30/h1-12,19,25H,13-18H2/t25-/m1/s1. The molecule has 36 heavy (non-hydrogen) atoms. The first kappa shape index (κ1) is 26.8. The minimum absolute atomic E-state index is 0.259. The predicted molar refractivity (Wildman–Crippen MR) is 135 cm³/mol. The first-order valence-electron chi connectivity index (χ1n) is 11.5. The van der Waals surface area contributed by atoms with Gasteiger partial charge in [-0.1, -0.05) is 58.4 Å². The number of halogens is 4. The van der Waals surface area contributed by atoms with Gasteiger partial charge in [0.2, 0.25) is 10.0 Å². The van der Waals surface area contributed by atoms with Crippen LogP contribution in [0.2, 0.25) is 0 Å². The first-order chi connectivity index (χ1) is 17.1. The molecule has 0 aromatic heterocycles. The molecule has 1 fully saturated rings. The molecule has 0 amide bonds. The maximum absolute atomic E-state index is 13.3. The van der Waals surface area contributed by atoms with Crippen molar-refractivity contribution in [3.05, 3.63) is 100 Å². The van der Waals surface area contributed by atoms with Crippen LogP contribution in [0, 0.1) is 0 Å². The van der Waals surface area contributed by atoms with Gasteiger partial charge in [-0.05, 0) is 47.5 Å². The van der Waals surface area contributed by atoms with Gasteiger partial charge in [-0.15, -0.1) is 0 Å². The molecule has 1 aliphatic heterocycles.